The van der Waals surface area contributed by atoms with Gasteiger partial charge in [0, 0.05) is 6.54 Å². The number of amides is 1. The minimum atomic E-state index is -0.438. The first kappa shape index (κ1) is 15.0. The molecule has 0 radical (unpaired) electrons. The Kier molecular flexibility index (Phi) is 4.19. The molecule has 2 rings (SSSR count). The van der Waals surface area contributed by atoms with Gasteiger partial charge in [-0.25, -0.2) is 0 Å². The van der Waals surface area contributed by atoms with Crippen LogP contribution in [0.4, 0.5) is 0 Å². The highest BCUT2D eigenvalue weighted by Gasteiger charge is 2.37. The number of benzene rings is 1. The van der Waals surface area contributed by atoms with Crippen LogP contribution in [-0.4, -0.2) is 23.4 Å². The van der Waals surface area contributed by atoms with Crippen molar-refractivity contribution in [3.63, 3.8) is 0 Å². The van der Waals surface area contributed by atoms with Gasteiger partial charge in [-0.05, 0) is 36.3 Å². The van der Waals surface area contributed by atoms with Gasteiger partial charge in [0.15, 0.2) is 0 Å². The van der Waals surface area contributed by atoms with E-state index in [9.17, 15) is 4.79 Å². The molecule has 0 aromatic heterocycles. The number of hydrogen-bond acceptors (Lipinski definition) is 2. The van der Waals surface area contributed by atoms with Crippen molar-refractivity contribution < 1.29 is 4.79 Å². The number of carbonyl (C=O) groups is 1. The van der Waals surface area contributed by atoms with Gasteiger partial charge in [-0.1, -0.05) is 45.0 Å². The first-order chi connectivity index (χ1) is 9.32. The molecule has 1 fully saturated rings. The molecule has 1 saturated heterocycles. The molecule has 3 nitrogen and oxygen atoms in total. The van der Waals surface area contributed by atoms with E-state index in [0.29, 0.717) is 0 Å². The topological polar surface area (TPSA) is 46.3 Å². The minimum Gasteiger partial charge on any atom is -0.334 e. The average molecular weight is 274 g/mol. The second-order valence-electron chi connectivity index (χ2n) is 6.89. The van der Waals surface area contributed by atoms with Crippen molar-refractivity contribution in [1.82, 2.24) is 4.90 Å². The fourth-order valence-electron chi connectivity index (χ4n) is 2.86. The Hall–Kier alpha value is -1.35. The molecule has 20 heavy (non-hydrogen) atoms. The predicted octanol–water partition coefficient (Wildman–Crippen LogP) is 3.03. The van der Waals surface area contributed by atoms with Crippen LogP contribution < -0.4 is 5.73 Å². The largest absolute Gasteiger partial charge is 0.334 e. The summed E-state index contributed by atoms with van der Waals surface area (Å²) in [5.41, 5.74) is 8.48. The zero-order valence-corrected chi connectivity index (χ0v) is 13.0. The molecule has 1 amide bonds. The number of nitrogens with two attached hydrogens (primary N) is 1. The van der Waals surface area contributed by atoms with E-state index in [1.165, 1.54) is 11.1 Å². The van der Waals surface area contributed by atoms with Gasteiger partial charge in [-0.2, -0.15) is 0 Å². The SMILES string of the molecule is Cc1ccccc1C1CCCN1C(=O)[C@H](N)C(C)(C)C. The van der Waals surface area contributed by atoms with Crippen molar-refractivity contribution in [3.8, 4) is 0 Å². The molecule has 110 valence electrons. The van der Waals surface area contributed by atoms with E-state index in [-0.39, 0.29) is 17.4 Å². The van der Waals surface area contributed by atoms with E-state index in [1.54, 1.807) is 0 Å². The summed E-state index contributed by atoms with van der Waals surface area (Å²) in [5.74, 6) is 0.0863. The first-order valence-electron chi connectivity index (χ1n) is 7.44. The lowest BCUT2D eigenvalue weighted by Crippen LogP contribution is -2.50. The second kappa shape index (κ2) is 5.57. The highest BCUT2D eigenvalue weighted by Crippen LogP contribution is 2.35. The van der Waals surface area contributed by atoms with E-state index in [2.05, 4.69) is 19.1 Å². The zero-order chi connectivity index (χ0) is 14.9. The van der Waals surface area contributed by atoms with E-state index in [0.717, 1.165) is 19.4 Å². The average Bonchev–Trinajstić information content (AvgIpc) is 2.85. The third-order valence-electron chi connectivity index (χ3n) is 4.28. The normalized spacial score (nSPS) is 21.1. The lowest BCUT2D eigenvalue weighted by molar-refractivity contribution is -0.135. The summed E-state index contributed by atoms with van der Waals surface area (Å²) in [6.45, 7) is 9.00. The van der Waals surface area contributed by atoms with E-state index in [1.807, 2.05) is 37.8 Å². The number of hydrogen-bond donors (Lipinski definition) is 1. The van der Waals surface area contributed by atoms with Crippen LogP contribution in [0.5, 0.6) is 0 Å². The summed E-state index contributed by atoms with van der Waals surface area (Å²) in [5, 5.41) is 0. The Balaban J connectivity index is 2.24. The maximum absolute atomic E-state index is 12.7. The molecule has 0 saturated carbocycles. The molecule has 1 aromatic rings. The predicted molar refractivity (Wildman–Crippen MR) is 82.3 cm³/mol. The Morgan fingerprint density at radius 1 is 1.35 bits per heavy atom. The molecule has 1 aromatic carbocycles. The molecular formula is C17H26N2O. The van der Waals surface area contributed by atoms with Gasteiger partial charge >= 0.3 is 0 Å². The number of carbonyl (C=O) groups excluding carboxylic acids is 1. The Morgan fingerprint density at radius 3 is 2.60 bits per heavy atom. The summed E-state index contributed by atoms with van der Waals surface area (Å²) in [6, 6.07) is 8.09. The van der Waals surface area contributed by atoms with Gasteiger partial charge in [-0.3, -0.25) is 4.79 Å². The molecule has 2 atom stereocenters. The lowest BCUT2D eigenvalue weighted by atomic mass is 9.86. The van der Waals surface area contributed by atoms with Gasteiger partial charge in [0.25, 0.3) is 0 Å². The highest BCUT2D eigenvalue weighted by molar-refractivity contribution is 5.83. The molecule has 0 aliphatic carbocycles. The fourth-order valence-corrected chi connectivity index (χ4v) is 2.86. The standard InChI is InChI=1S/C17H26N2O/c1-12-8-5-6-9-13(12)14-10-7-11-19(14)16(20)15(18)17(2,3)4/h5-6,8-9,14-15H,7,10-11,18H2,1-4H3/t14?,15-/m0/s1. The number of aryl methyl sites for hydroxylation is 1. The fraction of sp³-hybridized carbons (Fsp3) is 0.588. The van der Waals surface area contributed by atoms with Gasteiger partial charge in [0.2, 0.25) is 5.91 Å². The number of nitrogens with zero attached hydrogens (tertiary/aromatic N) is 1. The molecule has 0 bridgehead atoms. The third kappa shape index (κ3) is 2.88. The van der Waals surface area contributed by atoms with Gasteiger partial charge in [0.05, 0.1) is 12.1 Å². The van der Waals surface area contributed by atoms with Crippen molar-refractivity contribution >= 4 is 5.91 Å². The van der Waals surface area contributed by atoms with Crippen molar-refractivity contribution in [2.24, 2.45) is 11.1 Å². The van der Waals surface area contributed by atoms with Crippen LogP contribution >= 0.6 is 0 Å². The van der Waals surface area contributed by atoms with Crippen LogP contribution in [0.25, 0.3) is 0 Å². The quantitative estimate of drug-likeness (QED) is 0.901. The lowest BCUT2D eigenvalue weighted by Gasteiger charge is -2.33. The maximum atomic E-state index is 12.7. The van der Waals surface area contributed by atoms with E-state index >= 15 is 0 Å². The molecule has 1 unspecified atom stereocenters. The van der Waals surface area contributed by atoms with Crippen LogP contribution in [0.3, 0.4) is 0 Å². The monoisotopic (exact) mass is 274 g/mol. The summed E-state index contributed by atoms with van der Waals surface area (Å²) in [7, 11) is 0. The Morgan fingerprint density at radius 2 is 2.00 bits per heavy atom. The first-order valence-corrected chi connectivity index (χ1v) is 7.44. The van der Waals surface area contributed by atoms with Crippen molar-refractivity contribution in [2.75, 3.05) is 6.54 Å². The summed E-state index contributed by atoms with van der Waals surface area (Å²) in [4.78, 5) is 14.7. The van der Waals surface area contributed by atoms with Crippen molar-refractivity contribution in [1.29, 1.82) is 0 Å². The van der Waals surface area contributed by atoms with E-state index in [4.69, 9.17) is 5.73 Å². The van der Waals surface area contributed by atoms with E-state index < -0.39 is 6.04 Å². The van der Waals surface area contributed by atoms with Crippen LogP contribution in [-0.2, 0) is 4.79 Å². The van der Waals surface area contributed by atoms with Gasteiger partial charge in [0.1, 0.15) is 0 Å². The molecular weight excluding hydrogens is 248 g/mol. The van der Waals surface area contributed by atoms with Crippen LogP contribution in [0.1, 0.15) is 50.8 Å². The van der Waals surface area contributed by atoms with Crippen molar-refractivity contribution in [3.05, 3.63) is 35.4 Å². The number of likely N-dealkylation sites (tertiary alicyclic amines) is 1. The molecule has 1 aliphatic heterocycles. The summed E-state index contributed by atoms with van der Waals surface area (Å²) < 4.78 is 0. The summed E-state index contributed by atoms with van der Waals surface area (Å²) >= 11 is 0. The highest BCUT2D eigenvalue weighted by atomic mass is 16.2. The molecule has 2 N–H and O–H groups in total. The maximum Gasteiger partial charge on any atom is 0.240 e. The zero-order valence-electron chi connectivity index (χ0n) is 13.0. The molecule has 1 aliphatic rings. The second-order valence-corrected chi connectivity index (χ2v) is 6.89. The molecule has 1 heterocycles. The minimum absolute atomic E-state index is 0.0863. The third-order valence-corrected chi connectivity index (χ3v) is 4.28. The molecule has 3 heteroatoms. The Bertz CT molecular complexity index is 490. The number of rotatable bonds is 2. The van der Waals surface area contributed by atoms with Crippen LogP contribution in [0.2, 0.25) is 0 Å². The smallest absolute Gasteiger partial charge is 0.240 e. The van der Waals surface area contributed by atoms with Gasteiger partial charge < -0.3 is 10.6 Å². The van der Waals surface area contributed by atoms with Gasteiger partial charge in [-0.15, -0.1) is 0 Å². The summed E-state index contributed by atoms with van der Waals surface area (Å²) in [6.07, 6.45) is 2.09. The Labute approximate surface area is 122 Å². The van der Waals surface area contributed by atoms with Crippen LogP contribution in [0, 0.1) is 12.3 Å². The van der Waals surface area contributed by atoms with Crippen LogP contribution in [0.15, 0.2) is 24.3 Å². The molecule has 0 spiro atoms. The van der Waals surface area contributed by atoms with Crippen molar-refractivity contribution in [2.45, 2.75) is 52.6 Å².